The Morgan fingerprint density at radius 3 is 2.41 bits per heavy atom. The summed E-state index contributed by atoms with van der Waals surface area (Å²) < 4.78 is 5.70. The number of para-hydroxylation sites is 1. The number of nitrogens with zero attached hydrogens (tertiary/aromatic N) is 1. The molecular formula is C22H26Cl2N2O3. The Balaban J connectivity index is 2.21. The molecular weight excluding hydrogens is 411 g/mol. The van der Waals surface area contributed by atoms with E-state index in [0.29, 0.717) is 21.4 Å². The maximum atomic E-state index is 13.0. The highest BCUT2D eigenvalue weighted by Gasteiger charge is 2.27. The van der Waals surface area contributed by atoms with Crippen LogP contribution in [0.25, 0.3) is 0 Å². The molecule has 0 spiro atoms. The molecule has 156 valence electrons. The molecule has 0 saturated carbocycles. The molecule has 1 N–H and O–H groups in total. The van der Waals surface area contributed by atoms with Gasteiger partial charge < -0.3 is 15.0 Å². The molecule has 0 radical (unpaired) electrons. The molecule has 7 heteroatoms. The maximum absolute atomic E-state index is 13.0. The summed E-state index contributed by atoms with van der Waals surface area (Å²) in [6.07, 6.45) is 0. The van der Waals surface area contributed by atoms with Crippen LogP contribution in [-0.4, -0.2) is 35.4 Å². The van der Waals surface area contributed by atoms with E-state index in [9.17, 15) is 9.59 Å². The van der Waals surface area contributed by atoms with Gasteiger partial charge in [0.15, 0.2) is 6.61 Å². The highest BCUT2D eigenvalue weighted by atomic mass is 35.5. The minimum atomic E-state index is -0.697. The quantitative estimate of drug-likeness (QED) is 0.656. The third-order valence-corrected chi connectivity index (χ3v) is 4.99. The largest absolute Gasteiger partial charge is 0.484 e. The van der Waals surface area contributed by atoms with Crippen LogP contribution in [0.1, 0.15) is 31.9 Å². The van der Waals surface area contributed by atoms with Crippen molar-refractivity contribution in [3.05, 3.63) is 63.6 Å². The molecule has 29 heavy (non-hydrogen) atoms. The molecule has 5 nitrogen and oxygen atoms in total. The van der Waals surface area contributed by atoms with Gasteiger partial charge in [-0.25, -0.2) is 0 Å². The lowest BCUT2D eigenvalue weighted by atomic mass is 10.1. The second kappa shape index (κ2) is 10.5. The third kappa shape index (κ3) is 6.65. The van der Waals surface area contributed by atoms with Gasteiger partial charge in [-0.15, -0.1) is 0 Å². The molecule has 0 unspecified atom stereocenters. The van der Waals surface area contributed by atoms with Crippen LogP contribution in [0, 0.1) is 6.92 Å². The Morgan fingerprint density at radius 2 is 1.79 bits per heavy atom. The Labute approximate surface area is 181 Å². The molecule has 2 amide bonds. The molecule has 0 heterocycles. The molecule has 0 aromatic heterocycles. The van der Waals surface area contributed by atoms with Crippen molar-refractivity contribution in [2.75, 3.05) is 6.61 Å². The Bertz CT molecular complexity index is 871. The van der Waals surface area contributed by atoms with Gasteiger partial charge >= 0.3 is 0 Å². The zero-order chi connectivity index (χ0) is 21.6. The van der Waals surface area contributed by atoms with E-state index in [2.05, 4.69) is 5.32 Å². The monoisotopic (exact) mass is 436 g/mol. The van der Waals surface area contributed by atoms with E-state index in [1.54, 1.807) is 31.2 Å². The van der Waals surface area contributed by atoms with Gasteiger partial charge in [-0.05, 0) is 57.0 Å². The van der Waals surface area contributed by atoms with E-state index in [0.717, 1.165) is 5.56 Å². The molecule has 2 rings (SSSR count). The fourth-order valence-electron chi connectivity index (χ4n) is 2.76. The zero-order valence-electron chi connectivity index (χ0n) is 17.0. The van der Waals surface area contributed by atoms with Crippen molar-refractivity contribution < 1.29 is 14.3 Å². The number of carbonyl (C=O) groups excluding carboxylic acids is 2. The van der Waals surface area contributed by atoms with Crippen LogP contribution in [0.3, 0.4) is 0 Å². The van der Waals surface area contributed by atoms with Crippen molar-refractivity contribution in [3.63, 3.8) is 0 Å². The predicted molar refractivity (Wildman–Crippen MR) is 116 cm³/mol. The third-order valence-electron chi connectivity index (χ3n) is 4.40. The van der Waals surface area contributed by atoms with Crippen LogP contribution in [0.15, 0.2) is 42.5 Å². The molecule has 2 aromatic carbocycles. The first-order valence-corrected chi connectivity index (χ1v) is 10.2. The zero-order valence-corrected chi connectivity index (χ0v) is 18.6. The second-order valence-corrected chi connectivity index (χ2v) is 7.99. The Kier molecular flexibility index (Phi) is 8.35. The molecule has 1 atom stereocenters. The van der Waals surface area contributed by atoms with E-state index < -0.39 is 6.04 Å². The van der Waals surface area contributed by atoms with Gasteiger partial charge in [0.05, 0.1) is 0 Å². The summed E-state index contributed by atoms with van der Waals surface area (Å²) in [5.74, 6) is 0.0737. The summed E-state index contributed by atoms with van der Waals surface area (Å²) >= 11 is 12.3. The van der Waals surface area contributed by atoms with E-state index in [1.165, 1.54) is 4.90 Å². The fraction of sp³-hybridized carbons (Fsp3) is 0.364. The Morgan fingerprint density at radius 1 is 1.10 bits per heavy atom. The van der Waals surface area contributed by atoms with Gasteiger partial charge in [0, 0.05) is 22.6 Å². The summed E-state index contributed by atoms with van der Waals surface area (Å²) in [5, 5.41) is 3.78. The normalized spacial score (nSPS) is 11.8. The van der Waals surface area contributed by atoms with Gasteiger partial charge in [-0.3, -0.25) is 9.59 Å². The minimum absolute atomic E-state index is 0.0377. The lowest BCUT2D eigenvalue weighted by Gasteiger charge is -2.29. The van der Waals surface area contributed by atoms with Crippen molar-refractivity contribution >= 4 is 35.0 Å². The molecule has 2 aromatic rings. The fourth-order valence-corrected chi connectivity index (χ4v) is 3.23. The van der Waals surface area contributed by atoms with E-state index in [4.69, 9.17) is 27.9 Å². The number of halogens is 2. The van der Waals surface area contributed by atoms with Crippen molar-refractivity contribution in [1.82, 2.24) is 10.2 Å². The second-order valence-electron chi connectivity index (χ2n) is 7.15. The first-order valence-electron chi connectivity index (χ1n) is 9.41. The van der Waals surface area contributed by atoms with Crippen molar-refractivity contribution in [2.45, 2.75) is 46.3 Å². The number of carbonyl (C=O) groups is 2. The molecule has 0 aliphatic rings. The van der Waals surface area contributed by atoms with Crippen LogP contribution in [0.5, 0.6) is 5.75 Å². The van der Waals surface area contributed by atoms with Gasteiger partial charge in [0.25, 0.3) is 5.91 Å². The van der Waals surface area contributed by atoms with Gasteiger partial charge in [-0.1, -0.05) is 47.5 Å². The highest BCUT2D eigenvalue weighted by molar-refractivity contribution is 6.35. The van der Waals surface area contributed by atoms with Gasteiger partial charge in [-0.2, -0.15) is 0 Å². The number of aryl methyl sites for hydroxylation is 1. The van der Waals surface area contributed by atoms with Crippen LogP contribution >= 0.6 is 23.2 Å². The summed E-state index contributed by atoms with van der Waals surface area (Å²) in [5.41, 5.74) is 1.63. The van der Waals surface area contributed by atoms with E-state index >= 15 is 0 Å². The number of hydrogen-bond donors (Lipinski definition) is 1. The molecule has 0 bridgehead atoms. The average molecular weight is 437 g/mol. The number of hydrogen-bond acceptors (Lipinski definition) is 3. The van der Waals surface area contributed by atoms with Crippen LogP contribution in [0.2, 0.25) is 10.0 Å². The van der Waals surface area contributed by atoms with E-state index in [1.807, 2.05) is 39.0 Å². The molecule has 0 aliphatic carbocycles. The van der Waals surface area contributed by atoms with Gasteiger partial charge in [0.1, 0.15) is 11.8 Å². The topological polar surface area (TPSA) is 58.6 Å². The van der Waals surface area contributed by atoms with Crippen molar-refractivity contribution in [2.24, 2.45) is 0 Å². The van der Waals surface area contributed by atoms with Gasteiger partial charge in [0.2, 0.25) is 5.91 Å². The van der Waals surface area contributed by atoms with Crippen LogP contribution in [-0.2, 0) is 16.1 Å². The van der Waals surface area contributed by atoms with Crippen LogP contribution < -0.4 is 10.1 Å². The minimum Gasteiger partial charge on any atom is -0.484 e. The van der Waals surface area contributed by atoms with Crippen LogP contribution in [0.4, 0.5) is 0 Å². The number of nitrogens with one attached hydrogen (secondary N) is 1. The standard InChI is InChI=1S/C22H26Cl2N2O3/c1-14(2)25-22(28)16(4)26(12-17-9-10-18(23)11-19(17)24)21(27)13-29-20-8-6-5-7-15(20)3/h5-11,14,16H,12-13H2,1-4H3,(H,25,28)/t16-/m0/s1. The Hall–Kier alpha value is -2.24. The van der Waals surface area contributed by atoms with Crippen molar-refractivity contribution in [1.29, 1.82) is 0 Å². The lowest BCUT2D eigenvalue weighted by molar-refractivity contribution is -0.142. The summed E-state index contributed by atoms with van der Waals surface area (Å²) in [7, 11) is 0. The first-order chi connectivity index (χ1) is 13.7. The van der Waals surface area contributed by atoms with Crippen molar-refractivity contribution in [3.8, 4) is 5.75 Å². The smallest absolute Gasteiger partial charge is 0.261 e. The maximum Gasteiger partial charge on any atom is 0.261 e. The number of amides is 2. The highest BCUT2D eigenvalue weighted by Crippen LogP contribution is 2.23. The van der Waals surface area contributed by atoms with E-state index in [-0.39, 0.29) is 31.0 Å². The molecule has 0 aliphatic heterocycles. The number of benzene rings is 2. The number of ether oxygens (including phenoxy) is 1. The summed E-state index contributed by atoms with van der Waals surface area (Å²) in [6, 6.07) is 11.8. The molecule has 0 saturated heterocycles. The average Bonchev–Trinajstić information content (AvgIpc) is 2.65. The first kappa shape index (κ1) is 23.0. The lowest BCUT2D eigenvalue weighted by Crippen LogP contribution is -2.50. The SMILES string of the molecule is Cc1ccccc1OCC(=O)N(Cc1ccc(Cl)cc1Cl)[C@@H](C)C(=O)NC(C)C. The molecule has 0 fully saturated rings. The predicted octanol–water partition coefficient (Wildman–Crippen LogP) is 4.62. The number of rotatable bonds is 8. The summed E-state index contributed by atoms with van der Waals surface area (Å²) in [6.45, 7) is 7.31. The summed E-state index contributed by atoms with van der Waals surface area (Å²) in [4.78, 5) is 27.0.